The molecule has 38 heavy (non-hydrogen) atoms. The predicted octanol–water partition coefficient (Wildman–Crippen LogP) is 1.70. The average molecular weight is 557 g/mol. The van der Waals surface area contributed by atoms with E-state index in [1.807, 2.05) is 0 Å². The Morgan fingerprint density at radius 3 is 2.34 bits per heavy atom. The van der Waals surface area contributed by atoms with Crippen LogP contribution >= 0.6 is 0 Å². The number of carbonyl (C=O) groups is 2. The number of carboxylic acid groups (broad SMARTS) is 1. The number of amides is 1. The van der Waals surface area contributed by atoms with Crippen molar-refractivity contribution < 1.29 is 50.9 Å². The van der Waals surface area contributed by atoms with Crippen molar-refractivity contribution in [2.45, 2.75) is 51.2 Å². The van der Waals surface area contributed by atoms with E-state index in [1.54, 1.807) is 6.92 Å². The van der Waals surface area contributed by atoms with Gasteiger partial charge in [-0.1, -0.05) is 0 Å². The van der Waals surface area contributed by atoms with Gasteiger partial charge in [-0.15, -0.1) is 0 Å². The van der Waals surface area contributed by atoms with Gasteiger partial charge in [0.25, 0.3) is 0 Å². The Bertz CT molecular complexity index is 1040. The largest absolute Gasteiger partial charge is 0.477 e. The fraction of sp³-hybridized carbons (Fsp3) is 0.565. The number of alkyl halides is 3. The number of aliphatic hydroxyl groups excluding tert-OH is 1. The molecule has 1 amide bonds. The average Bonchev–Trinajstić information content (AvgIpc) is 2.84. The Morgan fingerprint density at radius 2 is 1.79 bits per heavy atom. The van der Waals surface area contributed by atoms with Crippen molar-refractivity contribution in [1.29, 1.82) is 0 Å². The van der Waals surface area contributed by atoms with Gasteiger partial charge in [-0.2, -0.15) is 13.2 Å². The van der Waals surface area contributed by atoms with Gasteiger partial charge in [-0.05, 0) is 31.9 Å². The van der Waals surface area contributed by atoms with Crippen molar-refractivity contribution in [2.75, 3.05) is 32.8 Å². The molecule has 1 heterocycles. The Morgan fingerprint density at radius 1 is 1.16 bits per heavy atom. The number of hydrogen-bond donors (Lipinski definition) is 4. The third-order valence-electron chi connectivity index (χ3n) is 6.07. The lowest BCUT2D eigenvalue weighted by Gasteiger charge is -2.42. The Balaban J connectivity index is 2.30. The molecule has 1 saturated heterocycles. The lowest BCUT2D eigenvalue weighted by molar-refractivity contribution is -0.177. The smallest absolute Gasteiger partial charge is 0.408 e. The fourth-order valence-corrected chi connectivity index (χ4v) is 4.03. The monoisotopic (exact) mass is 556 g/mol. The highest BCUT2D eigenvalue weighted by Crippen LogP contribution is 2.30. The number of nitrogens with one attached hydrogen (secondary N) is 1. The van der Waals surface area contributed by atoms with E-state index < -0.39 is 84.8 Å². The third-order valence-corrected chi connectivity index (χ3v) is 6.07. The first-order chi connectivity index (χ1) is 17.7. The number of aliphatic hydroxyl groups is 1. The molecule has 1 fully saturated rings. The predicted molar refractivity (Wildman–Crippen MR) is 122 cm³/mol. The molecule has 0 bridgehead atoms. The highest BCUT2D eigenvalue weighted by atomic mass is 19.4. The van der Waals surface area contributed by atoms with E-state index in [0.717, 1.165) is 16.7 Å². The number of piperazine rings is 1. The molecular weight excluding hydrogens is 526 g/mol. The number of carbonyl (C=O) groups excluding carboxylic acids is 1. The van der Waals surface area contributed by atoms with Crippen LogP contribution in [0.1, 0.15) is 25.8 Å². The first-order valence-corrected chi connectivity index (χ1v) is 11.6. The molecule has 1 aromatic carbocycles. The molecule has 1 aromatic rings. The molecule has 0 aromatic heterocycles. The molecule has 1 aliphatic rings. The summed E-state index contributed by atoms with van der Waals surface area (Å²) < 4.78 is 86.7. The van der Waals surface area contributed by atoms with E-state index >= 15 is 0 Å². The van der Waals surface area contributed by atoms with Crippen LogP contribution in [-0.2, 0) is 20.7 Å². The van der Waals surface area contributed by atoms with Crippen molar-refractivity contribution in [1.82, 2.24) is 15.1 Å². The molecule has 3 atom stereocenters. The van der Waals surface area contributed by atoms with Crippen LogP contribution < -0.4 is 11.1 Å². The zero-order valence-electron chi connectivity index (χ0n) is 20.7. The third kappa shape index (κ3) is 7.98. The highest BCUT2D eigenvalue weighted by molar-refractivity contribution is 5.86. The van der Waals surface area contributed by atoms with Gasteiger partial charge in [-0.3, -0.25) is 10.1 Å². The molecule has 214 valence electrons. The number of halogens is 6. The van der Waals surface area contributed by atoms with Crippen molar-refractivity contribution in [2.24, 2.45) is 5.73 Å². The van der Waals surface area contributed by atoms with Gasteiger partial charge in [0.2, 0.25) is 5.91 Å². The van der Waals surface area contributed by atoms with Crippen molar-refractivity contribution in [3.05, 3.63) is 46.5 Å². The van der Waals surface area contributed by atoms with E-state index in [9.17, 15) is 46.1 Å². The van der Waals surface area contributed by atoms with Crippen molar-refractivity contribution >= 4 is 11.9 Å². The minimum Gasteiger partial charge on any atom is -0.477 e. The van der Waals surface area contributed by atoms with Gasteiger partial charge in [-0.25, -0.2) is 18.0 Å². The SMILES string of the molecule is CCOC(CO)N[C@@H](CC(=O)N1CCN(C(C)C(F)(F)F)/C(=C(\N)C(=O)O)C1)Cc1cc(F)c(F)cc1F. The molecule has 2 rings (SSSR count). The second kappa shape index (κ2) is 13.2. The minimum absolute atomic E-state index is 0.153. The van der Waals surface area contributed by atoms with Crippen LogP contribution in [-0.4, -0.2) is 89.2 Å². The number of nitrogens with zero attached hydrogens (tertiary/aromatic N) is 2. The van der Waals surface area contributed by atoms with Gasteiger partial charge in [0.15, 0.2) is 11.6 Å². The summed E-state index contributed by atoms with van der Waals surface area (Å²) in [5.74, 6) is -6.13. The zero-order chi connectivity index (χ0) is 28.8. The van der Waals surface area contributed by atoms with Gasteiger partial charge in [0.05, 0.1) is 18.8 Å². The standard InChI is InChI=1S/C23H30F6N4O5/c1-3-38-19(11-34)31-14(6-13-7-16(25)17(26)9-15(13)24)8-20(35)32-4-5-33(12(2)23(27,28)29)18(10-32)21(30)22(36)37/h7,9,12,14,19,31,34H,3-6,8,10-11,30H2,1-2H3,(H,36,37)/b21-18-/t12?,14-,19?/m1/s1. The van der Waals surface area contributed by atoms with E-state index in [2.05, 4.69) is 5.32 Å². The first-order valence-electron chi connectivity index (χ1n) is 11.6. The molecule has 9 nitrogen and oxygen atoms in total. The number of rotatable bonds is 11. The van der Waals surface area contributed by atoms with Crippen LogP contribution in [0.15, 0.2) is 23.5 Å². The van der Waals surface area contributed by atoms with Crippen LogP contribution in [0.5, 0.6) is 0 Å². The second-order valence-electron chi connectivity index (χ2n) is 8.65. The summed E-state index contributed by atoms with van der Waals surface area (Å²) in [6.45, 7) is 0.946. The summed E-state index contributed by atoms with van der Waals surface area (Å²) in [6.07, 6.45) is -6.48. The van der Waals surface area contributed by atoms with E-state index in [-0.39, 0.29) is 31.7 Å². The zero-order valence-corrected chi connectivity index (χ0v) is 20.7. The lowest BCUT2D eigenvalue weighted by atomic mass is 10.0. The summed E-state index contributed by atoms with van der Waals surface area (Å²) in [7, 11) is 0. The summed E-state index contributed by atoms with van der Waals surface area (Å²) in [5, 5.41) is 21.6. The van der Waals surface area contributed by atoms with Crippen LogP contribution in [0.25, 0.3) is 0 Å². The molecule has 15 heteroatoms. The maximum absolute atomic E-state index is 14.3. The first kappa shape index (κ1) is 31.2. The molecule has 0 saturated carbocycles. The quantitative estimate of drug-likeness (QED) is 0.140. The molecular formula is C23H30F6N4O5. The molecule has 0 aliphatic carbocycles. The number of nitrogens with two attached hydrogens (primary N) is 1. The Labute approximate surface area is 214 Å². The van der Waals surface area contributed by atoms with E-state index in [1.165, 1.54) is 0 Å². The van der Waals surface area contributed by atoms with Gasteiger partial charge < -0.3 is 30.5 Å². The maximum atomic E-state index is 14.3. The maximum Gasteiger partial charge on any atom is 0.408 e. The fourth-order valence-electron chi connectivity index (χ4n) is 4.03. The summed E-state index contributed by atoms with van der Waals surface area (Å²) in [5.41, 5.74) is 4.03. The number of aliphatic carboxylic acids is 1. The molecule has 5 N–H and O–H groups in total. The van der Waals surface area contributed by atoms with Gasteiger partial charge in [0, 0.05) is 38.2 Å². The summed E-state index contributed by atoms with van der Waals surface area (Å²) >= 11 is 0. The topological polar surface area (TPSA) is 128 Å². The summed E-state index contributed by atoms with van der Waals surface area (Å²) in [6, 6.07) is -2.09. The molecule has 1 aliphatic heterocycles. The van der Waals surface area contributed by atoms with E-state index in [0.29, 0.717) is 12.1 Å². The van der Waals surface area contributed by atoms with Crippen LogP contribution in [0, 0.1) is 17.5 Å². The van der Waals surface area contributed by atoms with Crippen molar-refractivity contribution in [3.8, 4) is 0 Å². The summed E-state index contributed by atoms with van der Waals surface area (Å²) in [4.78, 5) is 26.5. The van der Waals surface area contributed by atoms with Crippen LogP contribution in [0.3, 0.4) is 0 Å². The van der Waals surface area contributed by atoms with Gasteiger partial charge >= 0.3 is 12.1 Å². The lowest BCUT2D eigenvalue weighted by Crippen LogP contribution is -2.55. The van der Waals surface area contributed by atoms with E-state index in [4.69, 9.17) is 10.5 Å². The number of benzene rings is 1. The second-order valence-corrected chi connectivity index (χ2v) is 8.65. The molecule has 2 unspecified atom stereocenters. The number of hydrogen-bond acceptors (Lipinski definition) is 7. The Kier molecular flexibility index (Phi) is 10.8. The van der Waals surface area contributed by atoms with Crippen LogP contribution in [0.2, 0.25) is 0 Å². The molecule has 0 radical (unpaired) electrons. The Hall–Kier alpha value is -3.04. The van der Waals surface area contributed by atoms with Crippen molar-refractivity contribution in [3.63, 3.8) is 0 Å². The van der Waals surface area contributed by atoms with Crippen LogP contribution in [0.4, 0.5) is 26.3 Å². The van der Waals surface area contributed by atoms with Gasteiger partial charge in [0.1, 0.15) is 23.8 Å². The number of ether oxygens (including phenoxy) is 1. The highest BCUT2D eigenvalue weighted by Gasteiger charge is 2.43. The number of carboxylic acids is 1. The molecule has 0 spiro atoms. The minimum atomic E-state index is -4.70. The normalized spacial score (nSPS) is 18.2.